The van der Waals surface area contributed by atoms with Crippen LogP contribution in [0.4, 0.5) is 0 Å². The average molecular weight is 253 g/mol. The predicted molar refractivity (Wildman–Crippen MR) is 68.7 cm³/mol. The Balaban J connectivity index is 2.06. The molecule has 1 aliphatic carbocycles. The quantitative estimate of drug-likeness (QED) is 0.703. The molecule has 0 aromatic heterocycles. The summed E-state index contributed by atoms with van der Waals surface area (Å²) in [7, 11) is 0. The Morgan fingerprint density at radius 3 is 2.56 bits per heavy atom. The Hall–Kier alpha value is -1.10. The lowest BCUT2D eigenvalue weighted by atomic mass is 9.84. The highest BCUT2D eigenvalue weighted by molar-refractivity contribution is 5.92. The van der Waals surface area contributed by atoms with Crippen LogP contribution in [0.25, 0.3) is 0 Å². The number of nitrogens with one attached hydrogen (secondary N) is 1. The van der Waals surface area contributed by atoms with Crippen LogP contribution in [-0.2, 0) is 9.59 Å². The van der Waals surface area contributed by atoms with Crippen molar-refractivity contribution >= 4 is 11.8 Å². The van der Waals surface area contributed by atoms with Gasteiger partial charge in [-0.25, -0.2) is 0 Å². The van der Waals surface area contributed by atoms with Gasteiger partial charge in [-0.3, -0.25) is 9.59 Å². The summed E-state index contributed by atoms with van der Waals surface area (Å²) >= 11 is 0. The Kier molecular flexibility index (Phi) is 3.61. The second kappa shape index (κ2) is 4.88. The predicted octanol–water partition coefficient (Wildman–Crippen LogP) is 0.241. The van der Waals surface area contributed by atoms with Crippen molar-refractivity contribution in [1.82, 2.24) is 10.2 Å². The van der Waals surface area contributed by atoms with Gasteiger partial charge in [-0.2, -0.15) is 0 Å². The van der Waals surface area contributed by atoms with Crippen LogP contribution in [0, 0.1) is 5.92 Å². The van der Waals surface area contributed by atoms with Crippen molar-refractivity contribution in [2.75, 3.05) is 13.1 Å². The zero-order valence-corrected chi connectivity index (χ0v) is 11.2. The molecule has 0 bridgehead atoms. The minimum Gasteiger partial charge on any atom is -0.352 e. The summed E-state index contributed by atoms with van der Waals surface area (Å²) < 4.78 is 0. The van der Waals surface area contributed by atoms with Crippen molar-refractivity contribution in [3.63, 3.8) is 0 Å². The van der Waals surface area contributed by atoms with Gasteiger partial charge >= 0.3 is 0 Å². The summed E-state index contributed by atoms with van der Waals surface area (Å²) in [5.74, 6) is 0.117. The van der Waals surface area contributed by atoms with Crippen LogP contribution in [-0.4, -0.2) is 41.4 Å². The first-order valence-corrected chi connectivity index (χ1v) is 6.78. The maximum Gasteiger partial charge on any atom is 0.245 e. The van der Waals surface area contributed by atoms with Crippen LogP contribution in [0.2, 0.25) is 0 Å². The largest absolute Gasteiger partial charge is 0.352 e. The normalized spacial score (nSPS) is 31.9. The summed E-state index contributed by atoms with van der Waals surface area (Å²) in [5.41, 5.74) is 5.13. The molecule has 2 fully saturated rings. The van der Waals surface area contributed by atoms with Crippen molar-refractivity contribution in [3.05, 3.63) is 0 Å². The second-order valence-electron chi connectivity index (χ2n) is 5.92. The average Bonchev–Trinajstić information content (AvgIpc) is 2.33. The first kappa shape index (κ1) is 13.3. The van der Waals surface area contributed by atoms with E-state index in [1.165, 1.54) is 0 Å². The Bertz CT molecular complexity index is 346. The molecule has 2 aliphatic rings. The minimum atomic E-state index is -0.727. The molecule has 0 radical (unpaired) electrons. The Labute approximate surface area is 108 Å². The summed E-state index contributed by atoms with van der Waals surface area (Å²) in [6, 6.07) is 0.242. The molecule has 1 heterocycles. The van der Waals surface area contributed by atoms with E-state index >= 15 is 0 Å². The molecule has 5 nitrogen and oxygen atoms in total. The molecule has 1 saturated carbocycles. The van der Waals surface area contributed by atoms with E-state index in [1.54, 1.807) is 4.90 Å². The van der Waals surface area contributed by atoms with E-state index in [0.717, 1.165) is 25.7 Å². The zero-order valence-electron chi connectivity index (χ0n) is 11.2. The van der Waals surface area contributed by atoms with Gasteiger partial charge in [0.05, 0.1) is 0 Å². The van der Waals surface area contributed by atoms with Crippen molar-refractivity contribution in [3.8, 4) is 0 Å². The third kappa shape index (κ3) is 2.36. The van der Waals surface area contributed by atoms with Crippen LogP contribution in [0.1, 0.15) is 39.5 Å². The topological polar surface area (TPSA) is 75.4 Å². The third-order valence-electron chi connectivity index (χ3n) is 4.24. The molecule has 0 aromatic rings. The molecule has 1 saturated heterocycles. The van der Waals surface area contributed by atoms with Gasteiger partial charge in [0.2, 0.25) is 11.8 Å². The first-order valence-electron chi connectivity index (χ1n) is 6.78. The smallest absolute Gasteiger partial charge is 0.245 e. The molecule has 0 atom stereocenters. The van der Waals surface area contributed by atoms with E-state index in [1.807, 2.05) is 13.8 Å². The lowest BCUT2D eigenvalue weighted by molar-refractivity contribution is -0.152. The number of nitrogens with two attached hydrogens (primary N) is 1. The van der Waals surface area contributed by atoms with Crippen LogP contribution in [0.3, 0.4) is 0 Å². The summed E-state index contributed by atoms with van der Waals surface area (Å²) in [5, 5.41) is 2.81. The molecule has 3 N–H and O–H groups in total. The van der Waals surface area contributed by atoms with Gasteiger partial charge in [-0.1, -0.05) is 0 Å². The van der Waals surface area contributed by atoms with Crippen molar-refractivity contribution in [2.45, 2.75) is 51.1 Å². The van der Waals surface area contributed by atoms with E-state index in [9.17, 15) is 9.59 Å². The highest BCUT2D eigenvalue weighted by Gasteiger charge is 2.42. The molecular formula is C13H23N3O2. The number of piperazine rings is 1. The summed E-state index contributed by atoms with van der Waals surface area (Å²) in [6.45, 7) is 4.79. The molecule has 2 amide bonds. The molecule has 1 aliphatic heterocycles. The third-order valence-corrected chi connectivity index (χ3v) is 4.24. The molecular weight excluding hydrogens is 230 g/mol. The standard InChI is InChI=1S/C13H23N3O2/c1-13(2)12(18)15-7-8-16(13)11(17)9-3-5-10(14)6-4-9/h9-10H,3-8,14H2,1-2H3,(H,15,18). The van der Waals surface area contributed by atoms with Gasteiger partial charge in [0.15, 0.2) is 0 Å². The number of rotatable bonds is 1. The maximum absolute atomic E-state index is 12.5. The van der Waals surface area contributed by atoms with Crippen molar-refractivity contribution < 1.29 is 9.59 Å². The highest BCUT2D eigenvalue weighted by Crippen LogP contribution is 2.28. The monoisotopic (exact) mass is 253 g/mol. The molecule has 0 spiro atoms. The Morgan fingerprint density at radius 2 is 1.94 bits per heavy atom. The molecule has 0 aromatic carbocycles. The van der Waals surface area contributed by atoms with E-state index in [-0.39, 0.29) is 23.8 Å². The molecule has 102 valence electrons. The molecule has 5 heteroatoms. The van der Waals surface area contributed by atoms with E-state index < -0.39 is 5.54 Å². The summed E-state index contributed by atoms with van der Waals surface area (Å²) in [4.78, 5) is 26.1. The second-order valence-corrected chi connectivity index (χ2v) is 5.92. The van der Waals surface area contributed by atoms with Crippen LogP contribution < -0.4 is 11.1 Å². The number of hydrogen-bond acceptors (Lipinski definition) is 3. The molecule has 18 heavy (non-hydrogen) atoms. The van der Waals surface area contributed by atoms with Crippen LogP contribution in [0.15, 0.2) is 0 Å². The number of nitrogens with zero attached hydrogens (tertiary/aromatic N) is 1. The summed E-state index contributed by atoms with van der Waals surface area (Å²) in [6.07, 6.45) is 3.54. The molecule has 0 unspecified atom stereocenters. The lowest BCUT2D eigenvalue weighted by Crippen LogP contribution is -2.64. The zero-order chi connectivity index (χ0) is 13.3. The van der Waals surface area contributed by atoms with Crippen LogP contribution in [0.5, 0.6) is 0 Å². The maximum atomic E-state index is 12.5. The lowest BCUT2D eigenvalue weighted by Gasteiger charge is -2.43. The molecule has 2 rings (SSSR count). The number of amides is 2. The SMILES string of the molecule is CC1(C)C(=O)NCCN1C(=O)C1CCC(N)CC1. The fourth-order valence-electron chi connectivity index (χ4n) is 2.87. The number of carbonyl (C=O) groups excluding carboxylic acids is 2. The highest BCUT2D eigenvalue weighted by atomic mass is 16.2. The van der Waals surface area contributed by atoms with Crippen LogP contribution >= 0.6 is 0 Å². The first-order chi connectivity index (χ1) is 8.43. The fraction of sp³-hybridized carbons (Fsp3) is 0.846. The van der Waals surface area contributed by atoms with Crippen molar-refractivity contribution in [2.24, 2.45) is 11.7 Å². The fourth-order valence-corrected chi connectivity index (χ4v) is 2.87. The van der Waals surface area contributed by atoms with Gasteiger partial charge in [0.1, 0.15) is 5.54 Å². The van der Waals surface area contributed by atoms with E-state index in [4.69, 9.17) is 5.73 Å². The van der Waals surface area contributed by atoms with E-state index in [2.05, 4.69) is 5.32 Å². The van der Waals surface area contributed by atoms with Gasteiger partial charge < -0.3 is 16.0 Å². The van der Waals surface area contributed by atoms with E-state index in [0.29, 0.717) is 13.1 Å². The van der Waals surface area contributed by atoms with Gasteiger partial charge in [0, 0.05) is 25.0 Å². The van der Waals surface area contributed by atoms with Gasteiger partial charge in [-0.15, -0.1) is 0 Å². The Morgan fingerprint density at radius 1 is 1.33 bits per heavy atom. The van der Waals surface area contributed by atoms with Crippen molar-refractivity contribution in [1.29, 1.82) is 0 Å². The van der Waals surface area contributed by atoms with Gasteiger partial charge in [0.25, 0.3) is 0 Å². The number of hydrogen-bond donors (Lipinski definition) is 2. The number of carbonyl (C=O) groups is 2. The minimum absolute atomic E-state index is 0.0509. The van der Waals surface area contributed by atoms with Gasteiger partial charge in [-0.05, 0) is 39.5 Å².